The van der Waals surface area contributed by atoms with Crippen LogP contribution in [0.4, 0.5) is 5.69 Å². The van der Waals surface area contributed by atoms with E-state index in [0.29, 0.717) is 11.3 Å². The van der Waals surface area contributed by atoms with E-state index in [0.717, 1.165) is 0 Å². The lowest BCUT2D eigenvalue weighted by Crippen LogP contribution is -2.17. The number of nitro groups is 1. The lowest BCUT2D eigenvalue weighted by molar-refractivity contribution is -0.385. The van der Waals surface area contributed by atoms with Crippen LogP contribution in [0.2, 0.25) is 0 Å². The Morgan fingerprint density at radius 2 is 2.00 bits per heavy atom. The molecular weight excluding hydrogens is 234 g/mol. The normalized spacial score (nSPS) is 12.3. The maximum Gasteiger partial charge on any atom is 0.273 e. The molecule has 0 fully saturated rings. The zero-order valence-corrected chi connectivity index (χ0v) is 11.0. The second-order valence-corrected chi connectivity index (χ2v) is 4.51. The molecule has 5 nitrogen and oxygen atoms in total. The van der Waals surface area contributed by atoms with E-state index in [4.69, 9.17) is 4.74 Å². The first-order chi connectivity index (χ1) is 8.38. The van der Waals surface area contributed by atoms with Gasteiger partial charge in [0, 0.05) is 11.6 Å². The second kappa shape index (κ2) is 5.62. The summed E-state index contributed by atoms with van der Waals surface area (Å²) in [5, 5.41) is 11.0. The molecule has 1 atom stereocenters. The molecule has 0 saturated carbocycles. The van der Waals surface area contributed by atoms with Crippen molar-refractivity contribution in [3.05, 3.63) is 33.9 Å². The molecule has 0 saturated heterocycles. The van der Waals surface area contributed by atoms with Crippen LogP contribution in [-0.2, 0) is 4.79 Å². The van der Waals surface area contributed by atoms with Crippen molar-refractivity contribution < 1.29 is 14.5 Å². The average molecular weight is 251 g/mol. The van der Waals surface area contributed by atoms with Crippen LogP contribution in [0.25, 0.3) is 0 Å². The highest BCUT2D eigenvalue weighted by atomic mass is 16.6. The number of ketones is 1. The Hall–Kier alpha value is -1.91. The number of carbonyl (C=O) groups is 1. The molecule has 98 valence electrons. The van der Waals surface area contributed by atoms with Gasteiger partial charge in [0.05, 0.1) is 18.0 Å². The first kappa shape index (κ1) is 14.2. The van der Waals surface area contributed by atoms with Gasteiger partial charge in [-0.25, -0.2) is 0 Å². The van der Waals surface area contributed by atoms with Crippen LogP contribution in [0.5, 0.6) is 5.75 Å². The van der Waals surface area contributed by atoms with Crippen molar-refractivity contribution in [3.63, 3.8) is 0 Å². The molecule has 1 aromatic rings. The molecule has 1 rings (SSSR count). The number of Topliss-reactive ketones (excluding diaryl/α,β-unsaturated/α-hetero) is 1. The Balaban J connectivity index is 3.41. The van der Waals surface area contributed by atoms with Gasteiger partial charge in [0.25, 0.3) is 5.69 Å². The Bertz CT molecular complexity index is 468. The Morgan fingerprint density at radius 1 is 1.39 bits per heavy atom. The van der Waals surface area contributed by atoms with Crippen molar-refractivity contribution in [2.45, 2.75) is 26.7 Å². The summed E-state index contributed by atoms with van der Waals surface area (Å²) < 4.78 is 5.07. The number of rotatable bonds is 5. The minimum absolute atomic E-state index is 0.00620. The molecule has 0 spiro atoms. The molecule has 0 bridgehead atoms. The molecule has 0 aliphatic rings. The zero-order valence-electron chi connectivity index (χ0n) is 11.0. The van der Waals surface area contributed by atoms with Crippen LogP contribution in [-0.4, -0.2) is 17.8 Å². The number of hydrogen-bond acceptors (Lipinski definition) is 4. The van der Waals surface area contributed by atoms with Gasteiger partial charge in [-0.2, -0.15) is 0 Å². The Labute approximate surface area is 106 Å². The average Bonchev–Trinajstić information content (AvgIpc) is 2.27. The third-order valence-corrected chi connectivity index (χ3v) is 2.87. The molecule has 0 aromatic heterocycles. The predicted octanol–water partition coefficient (Wildman–Crippen LogP) is 2.93. The quantitative estimate of drug-likeness (QED) is 0.596. The van der Waals surface area contributed by atoms with Crippen LogP contribution in [0.1, 0.15) is 32.3 Å². The summed E-state index contributed by atoms with van der Waals surface area (Å²) in [6.45, 7) is 5.19. The maximum absolute atomic E-state index is 11.7. The summed E-state index contributed by atoms with van der Waals surface area (Å²) in [5.74, 6) is -0.0577. The van der Waals surface area contributed by atoms with Gasteiger partial charge in [0.2, 0.25) is 0 Å². The molecule has 1 aromatic carbocycles. The van der Waals surface area contributed by atoms with Gasteiger partial charge in [-0.15, -0.1) is 0 Å². The fourth-order valence-corrected chi connectivity index (χ4v) is 2.12. The van der Waals surface area contributed by atoms with Crippen molar-refractivity contribution in [2.75, 3.05) is 7.11 Å². The fraction of sp³-hybridized carbons (Fsp3) is 0.462. The van der Waals surface area contributed by atoms with Crippen LogP contribution < -0.4 is 4.74 Å². The molecule has 1 unspecified atom stereocenters. The summed E-state index contributed by atoms with van der Waals surface area (Å²) in [6.07, 6.45) is 0. The SMILES string of the molecule is COc1ccc([N+](=O)[O-])c(C(C(C)=O)C(C)C)c1. The van der Waals surface area contributed by atoms with E-state index in [1.54, 1.807) is 6.07 Å². The minimum Gasteiger partial charge on any atom is -0.497 e. The van der Waals surface area contributed by atoms with Gasteiger partial charge < -0.3 is 4.74 Å². The topological polar surface area (TPSA) is 69.4 Å². The van der Waals surface area contributed by atoms with Crippen LogP contribution >= 0.6 is 0 Å². The van der Waals surface area contributed by atoms with Crippen molar-refractivity contribution in [2.24, 2.45) is 5.92 Å². The largest absolute Gasteiger partial charge is 0.497 e. The number of methoxy groups -OCH3 is 1. The lowest BCUT2D eigenvalue weighted by atomic mass is 9.84. The Kier molecular flexibility index (Phi) is 4.42. The molecule has 0 aliphatic carbocycles. The number of nitrogens with zero attached hydrogens (tertiary/aromatic N) is 1. The summed E-state index contributed by atoms with van der Waals surface area (Å²) in [5.41, 5.74) is 0.381. The third-order valence-electron chi connectivity index (χ3n) is 2.87. The summed E-state index contributed by atoms with van der Waals surface area (Å²) in [6, 6.07) is 4.48. The van der Waals surface area contributed by atoms with E-state index in [1.165, 1.54) is 26.2 Å². The van der Waals surface area contributed by atoms with Crippen molar-refractivity contribution in [1.29, 1.82) is 0 Å². The highest BCUT2D eigenvalue weighted by molar-refractivity contribution is 5.85. The van der Waals surface area contributed by atoms with Gasteiger partial charge in [0.1, 0.15) is 11.5 Å². The van der Waals surface area contributed by atoms with E-state index in [1.807, 2.05) is 13.8 Å². The first-order valence-electron chi connectivity index (χ1n) is 5.71. The molecule has 0 aliphatic heterocycles. The summed E-state index contributed by atoms with van der Waals surface area (Å²) >= 11 is 0. The monoisotopic (exact) mass is 251 g/mol. The van der Waals surface area contributed by atoms with Gasteiger partial charge in [-0.05, 0) is 25.0 Å². The van der Waals surface area contributed by atoms with E-state index in [9.17, 15) is 14.9 Å². The molecular formula is C13H17NO4. The fourth-order valence-electron chi connectivity index (χ4n) is 2.12. The number of ether oxygens (including phenoxy) is 1. The minimum atomic E-state index is -0.486. The molecule has 0 heterocycles. The number of benzene rings is 1. The smallest absolute Gasteiger partial charge is 0.273 e. The molecule has 18 heavy (non-hydrogen) atoms. The van der Waals surface area contributed by atoms with Crippen LogP contribution in [0.3, 0.4) is 0 Å². The van der Waals surface area contributed by atoms with E-state index in [-0.39, 0.29) is 17.4 Å². The van der Waals surface area contributed by atoms with Gasteiger partial charge in [-0.3, -0.25) is 14.9 Å². The molecule has 0 amide bonds. The highest BCUT2D eigenvalue weighted by Crippen LogP contribution is 2.35. The standard InChI is InChI=1S/C13H17NO4/c1-8(2)13(9(3)15)11-7-10(18-4)5-6-12(11)14(16)17/h5-8,13H,1-4H3. The van der Waals surface area contributed by atoms with E-state index in [2.05, 4.69) is 0 Å². The Morgan fingerprint density at radius 3 is 2.39 bits per heavy atom. The van der Waals surface area contributed by atoms with Crippen molar-refractivity contribution >= 4 is 11.5 Å². The predicted molar refractivity (Wildman–Crippen MR) is 67.9 cm³/mol. The second-order valence-electron chi connectivity index (χ2n) is 4.51. The number of nitro benzene ring substituents is 1. The third kappa shape index (κ3) is 2.85. The van der Waals surface area contributed by atoms with Gasteiger partial charge >= 0.3 is 0 Å². The van der Waals surface area contributed by atoms with Gasteiger partial charge in [-0.1, -0.05) is 13.8 Å². The molecule has 0 radical (unpaired) electrons. The summed E-state index contributed by atoms with van der Waals surface area (Å²) in [4.78, 5) is 22.3. The lowest BCUT2D eigenvalue weighted by Gasteiger charge is -2.18. The number of carbonyl (C=O) groups excluding carboxylic acids is 1. The van der Waals surface area contributed by atoms with E-state index >= 15 is 0 Å². The van der Waals surface area contributed by atoms with Crippen LogP contribution in [0.15, 0.2) is 18.2 Å². The van der Waals surface area contributed by atoms with Crippen molar-refractivity contribution in [3.8, 4) is 5.75 Å². The highest BCUT2D eigenvalue weighted by Gasteiger charge is 2.28. The molecule has 0 N–H and O–H groups in total. The van der Waals surface area contributed by atoms with Crippen LogP contribution in [0, 0.1) is 16.0 Å². The van der Waals surface area contributed by atoms with E-state index < -0.39 is 10.8 Å². The summed E-state index contributed by atoms with van der Waals surface area (Å²) in [7, 11) is 1.49. The first-order valence-corrected chi connectivity index (χ1v) is 5.71. The van der Waals surface area contributed by atoms with Gasteiger partial charge in [0.15, 0.2) is 0 Å². The molecule has 5 heteroatoms. The number of hydrogen-bond donors (Lipinski definition) is 0. The maximum atomic E-state index is 11.7. The van der Waals surface area contributed by atoms with Crippen molar-refractivity contribution in [1.82, 2.24) is 0 Å². The zero-order chi connectivity index (χ0) is 13.9.